The number of rotatable bonds is 1. The van der Waals surface area contributed by atoms with E-state index in [4.69, 9.17) is 0 Å². The van der Waals surface area contributed by atoms with E-state index in [9.17, 15) is 4.79 Å². The van der Waals surface area contributed by atoms with Gasteiger partial charge in [-0.15, -0.1) is 0 Å². The normalized spacial score (nSPS) is 34.6. The number of carbonyl (C=O) groups excluding carboxylic acids is 1. The Balaban J connectivity index is 1.97. The molecule has 1 saturated heterocycles. The number of hydrogen-bond acceptors (Lipinski definition) is 1. The second kappa shape index (κ2) is 5.00. The Kier molecular flexibility index (Phi) is 3.66. The molecule has 1 aliphatic heterocycles. The van der Waals surface area contributed by atoms with E-state index >= 15 is 0 Å². The average molecular weight is 209 g/mol. The number of piperidine rings is 1. The van der Waals surface area contributed by atoms with Crippen molar-refractivity contribution in [3.05, 3.63) is 0 Å². The van der Waals surface area contributed by atoms with Gasteiger partial charge in [-0.2, -0.15) is 0 Å². The molecule has 0 radical (unpaired) electrons. The van der Waals surface area contributed by atoms with E-state index in [1.807, 2.05) is 0 Å². The zero-order valence-corrected chi connectivity index (χ0v) is 9.80. The van der Waals surface area contributed by atoms with Gasteiger partial charge in [-0.3, -0.25) is 4.79 Å². The van der Waals surface area contributed by atoms with Crippen LogP contribution in [0.25, 0.3) is 0 Å². The van der Waals surface area contributed by atoms with Gasteiger partial charge in [-0.25, -0.2) is 0 Å². The second-order valence-electron chi connectivity index (χ2n) is 5.28. The molecule has 2 unspecified atom stereocenters. The van der Waals surface area contributed by atoms with Crippen LogP contribution in [0.3, 0.4) is 0 Å². The number of hydrogen-bond donors (Lipinski definition) is 1. The van der Waals surface area contributed by atoms with Crippen molar-refractivity contribution < 1.29 is 4.79 Å². The first-order valence-corrected chi connectivity index (χ1v) is 6.57. The zero-order chi connectivity index (χ0) is 10.7. The van der Waals surface area contributed by atoms with E-state index in [1.54, 1.807) is 0 Å². The van der Waals surface area contributed by atoms with Crippen molar-refractivity contribution in [1.82, 2.24) is 5.32 Å². The maximum atomic E-state index is 11.6. The highest BCUT2D eigenvalue weighted by atomic mass is 16.1. The van der Waals surface area contributed by atoms with Crippen molar-refractivity contribution in [1.29, 1.82) is 0 Å². The molecule has 2 atom stereocenters. The van der Waals surface area contributed by atoms with Gasteiger partial charge in [0, 0.05) is 12.5 Å². The fourth-order valence-corrected chi connectivity index (χ4v) is 3.35. The molecule has 1 saturated carbocycles. The van der Waals surface area contributed by atoms with Crippen molar-refractivity contribution in [2.75, 3.05) is 6.54 Å². The molecule has 2 aliphatic rings. The van der Waals surface area contributed by atoms with Gasteiger partial charge < -0.3 is 5.32 Å². The zero-order valence-electron chi connectivity index (χ0n) is 9.80. The Morgan fingerprint density at radius 1 is 1.07 bits per heavy atom. The molecule has 0 aromatic carbocycles. The second-order valence-corrected chi connectivity index (χ2v) is 5.28. The highest BCUT2D eigenvalue weighted by molar-refractivity contribution is 5.79. The van der Waals surface area contributed by atoms with Gasteiger partial charge in [0.15, 0.2) is 0 Å². The third kappa shape index (κ3) is 2.53. The summed E-state index contributed by atoms with van der Waals surface area (Å²) in [6.07, 6.45) is 9.51. The lowest BCUT2D eigenvalue weighted by molar-refractivity contribution is -0.129. The summed E-state index contributed by atoms with van der Waals surface area (Å²) in [5.74, 6) is 2.03. The van der Waals surface area contributed by atoms with Crippen LogP contribution in [0.4, 0.5) is 0 Å². The number of nitrogens with one attached hydrogen (secondary N) is 1. The van der Waals surface area contributed by atoms with Crippen molar-refractivity contribution in [2.45, 2.75) is 51.9 Å². The van der Waals surface area contributed by atoms with Gasteiger partial charge in [0.25, 0.3) is 0 Å². The van der Waals surface area contributed by atoms with Gasteiger partial charge >= 0.3 is 0 Å². The highest BCUT2D eigenvalue weighted by Gasteiger charge is 2.33. The van der Waals surface area contributed by atoms with E-state index in [2.05, 4.69) is 12.2 Å². The number of carbonyl (C=O) groups is 1. The van der Waals surface area contributed by atoms with Gasteiger partial charge in [-0.05, 0) is 18.3 Å². The SMILES string of the molecule is CC1C(=O)NCCC1C1CCCCCC1. The predicted molar refractivity (Wildman–Crippen MR) is 61.5 cm³/mol. The van der Waals surface area contributed by atoms with Crippen LogP contribution in [0, 0.1) is 17.8 Å². The van der Waals surface area contributed by atoms with E-state index in [1.165, 1.54) is 44.9 Å². The van der Waals surface area contributed by atoms with Crippen molar-refractivity contribution in [2.24, 2.45) is 17.8 Å². The first kappa shape index (κ1) is 11.0. The van der Waals surface area contributed by atoms with Crippen LogP contribution in [0.5, 0.6) is 0 Å². The summed E-state index contributed by atoms with van der Waals surface area (Å²) in [7, 11) is 0. The van der Waals surface area contributed by atoms with Crippen LogP contribution >= 0.6 is 0 Å². The first-order valence-electron chi connectivity index (χ1n) is 6.57. The lowest BCUT2D eigenvalue weighted by Crippen LogP contribution is -2.43. The van der Waals surface area contributed by atoms with Gasteiger partial charge in [0.1, 0.15) is 0 Å². The van der Waals surface area contributed by atoms with E-state index in [0.717, 1.165) is 12.5 Å². The molecular weight excluding hydrogens is 186 g/mol. The quantitative estimate of drug-likeness (QED) is 0.661. The Labute approximate surface area is 92.8 Å². The summed E-state index contributed by atoms with van der Waals surface area (Å²) in [5, 5.41) is 2.98. The maximum Gasteiger partial charge on any atom is 0.223 e. The third-order valence-electron chi connectivity index (χ3n) is 4.34. The molecule has 86 valence electrons. The molecule has 15 heavy (non-hydrogen) atoms. The smallest absolute Gasteiger partial charge is 0.223 e. The summed E-state index contributed by atoms with van der Waals surface area (Å²) in [6.45, 7) is 3.02. The van der Waals surface area contributed by atoms with Gasteiger partial charge in [0.2, 0.25) is 5.91 Å². The van der Waals surface area contributed by atoms with Crippen molar-refractivity contribution in [3.63, 3.8) is 0 Å². The van der Waals surface area contributed by atoms with E-state index < -0.39 is 0 Å². The van der Waals surface area contributed by atoms with E-state index in [-0.39, 0.29) is 11.8 Å². The molecule has 1 amide bonds. The molecule has 1 aliphatic carbocycles. The minimum Gasteiger partial charge on any atom is -0.356 e. The summed E-state index contributed by atoms with van der Waals surface area (Å²) >= 11 is 0. The first-order chi connectivity index (χ1) is 7.29. The standard InChI is InChI=1S/C13H23NO/c1-10-12(8-9-14-13(10)15)11-6-4-2-3-5-7-11/h10-12H,2-9H2,1H3,(H,14,15). The topological polar surface area (TPSA) is 29.1 Å². The fraction of sp³-hybridized carbons (Fsp3) is 0.923. The molecule has 1 N–H and O–H groups in total. The van der Waals surface area contributed by atoms with Crippen molar-refractivity contribution in [3.8, 4) is 0 Å². The van der Waals surface area contributed by atoms with Gasteiger partial charge in [-0.1, -0.05) is 45.4 Å². The average Bonchev–Trinajstić information content (AvgIpc) is 2.50. The van der Waals surface area contributed by atoms with Gasteiger partial charge in [0.05, 0.1) is 0 Å². The monoisotopic (exact) mass is 209 g/mol. The molecule has 2 nitrogen and oxygen atoms in total. The Bertz CT molecular complexity index is 219. The molecule has 1 heterocycles. The summed E-state index contributed by atoms with van der Waals surface area (Å²) in [6, 6.07) is 0. The minimum absolute atomic E-state index is 0.252. The number of amides is 1. The Hall–Kier alpha value is -0.530. The Morgan fingerprint density at radius 2 is 1.73 bits per heavy atom. The molecule has 0 aromatic heterocycles. The van der Waals surface area contributed by atoms with Crippen LogP contribution in [0.15, 0.2) is 0 Å². The molecule has 0 spiro atoms. The van der Waals surface area contributed by atoms with Crippen LogP contribution in [-0.2, 0) is 4.79 Å². The molecule has 2 fully saturated rings. The summed E-state index contributed by atoms with van der Waals surface area (Å²) < 4.78 is 0. The third-order valence-corrected chi connectivity index (χ3v) is 4.34. The minimum atomic E-state index is 0.252. The molecule has 2 rings (SSSR count). The summed E-state index contributed by atoms with van der Waals surface area (Å²) in [5.41, 5.74) is 0. The predicted octanol–water partition coefficient (Wildman–Crippen LogP) is 2.73. The summed E-state index contributed by atoms with van der Waals surface area (Å²) in [4.78, 5) is 11.6. The van der Waals surface area contributed by atoms with Crippen LogP contribution in [-0.4, -0.2) is 12.5 Å². The molecule has 0 aromatic rings. The van der Waals surface area contributed by atoms with E-state index in [0.29, 0.717) is 5.92 Å². The lowest BCUT2D eigenvalue weighted by Gasteiger charge is -2.34. The lowest BCUT2D eigenvalue weighted by atomic mass is 9.74. The molecule has 2 heteroatoms. The highest BCUT2D eigenvalue weighted by Crippen LogP contribution is 2.36. The maximum absolute atomic E-state index is 11.6. The van der Waals surface area contributed by atoms with Crippen molar-refractivity contribution >= 4 is 5.91 Å². The van der Waals surface area contributed by atoms with Crippen LogP contribution in [0.2, 0.25) is 0 Å². The van der Waals surface area contributed by atoms with Crippen LogP contribution in [0.1, 0.15) is 51.9 Å². The fourth-order valence-electron chi connectivity index (χ4n) is 3.35. The molecule has 0 bridgehead atoms. The van der Waals surface area contributed by atoms with Crippen LogP contribution < -0.4 is 5.32 Å². The largest absolute Gasteiger partial charge is 0.356 e. The Morgan fingerprint density at radius 3 is 2.40 bits per heavy atom. The molecular formula is C13H23NO.